The molecule has 0 bridgehead atoms. The summed E-state index contributed by atoms with van der Waals surface area (Å²) in [6, 6.07) is 10.2. The third kappa shape index (κ3) is 2.32. The monoisotopic (exact) mass is 264 g/mol. The molecule has 100 valence electrons. The molecule has 0 unspecified atom stereocenters. The number of hydrogen-bond donors (Lipinski definition) is 1. The molecule has 3 aromatic rings. The molecule has 0 saturated carbocycles. The molecule has 2 aromatic heterocycles. The highest BCUT2D eigenvalue weighted by atomic mass is 15.1. The Morgan fingerprint density at radius 2 is 2.05 bits per heavy atom. The van der Waals surface area contributed by atoms with Crippen molar-refractivity contribution in [2.75, 3.05) is 11.9 Å². The number of anilines is 1. The highest BCUT2D eigenvalue weighted by Gasteiger charge is 2.07. The van der Waals surface area contributed by atoms with Gasteiger partial charge in [-0.2, -0.15) is 0 Å². The number of aryl methyl sites for hydroxylation is 1. The lowest BCUT2D eigenvalue weighted by Gasteiger charge is -2.09. The summed E-state index contributed by atoms with van der Waals surface area (Å²) in [6.45, 7) is 4.82. The average Bonchev–Trinajstić information content (AvgIpc) is 2.46. The molecule has 3 rings (SSSR count). The van der Waals surface area contributed by atoms with Crippen molar-refractivity contribution in [3.63, 3.8) is 0 Å². The Morgan fingerprint density at radius 3 is 2.90 bits per heavy atom. The zero-order chi connectivity index (χ0) is 13.9. The van der Waals surface area contributed by atoms with Gasteiger partial charge < -0.3 is 5.32 Å². The van der Waals surface area contributed by atoms with Crippen molar-refractivity contribution in [1.29, 1.82) is 0 Å². The molecule has 0 radical (unpaired) electrons. The van der Waals surface area contributed by atoms with E-state index in [0.717, 1.165) is 28.9 Å². The minimum atomic E-state index is 0.670. The molecular formula is C16H16N4. The van der Waals surface area contributed by atoms with E-state index in [4.69, 9.17) is 0 Å². The maximum atomic E-state index is 4.59. The van der Waals surface area contributed by atoms with Crippen LogP contribution in [0.15, 0.2) is 42.7 Å². The smallest absolute Gasteiger partial charge is 0.223 e. The number of fused-ring (bicyclic) bond motifs is 1. The quantitative estimate of drug-likeness (QED) is 0.787. The molecule has 0 aliphatic heterocycles. The van der Waals surface area contributed by atoms with Gasteiger partial charge in [0.1, 0.15) is 0 Å². The van der Waals surface area contributed by atoms with Gasteiger partial charge in [0.2, 0.25) is 5.95 Å². The molecule has 1 aromatic carbocycles. The molecule has 0 aliphatic carbocycles. The predicted octanol–water partition coefficient (Wildman–Crippen LogP) is 3.43. The van der Waals surface area contributed by atoms with Crippen LogP contribution in [0.1, 0.15) is 12.6 Å². The Bertz CT molecular complexity index is 747. The van der Waals surface area contributed by atoms with Crippen LogP contribution in [0, 0.1) is 6.92 Å². The Kier molecular flexibility index (Phi) is 3.29. The molecule has 0 saturated heterocycles. The van der Waals surface area contributed by atoms with E-state index >= 15 is 0 Å². The lowest BCUT2D eigenvalue weighted by atomic mass is 10.0. The van der Waals surface area contributed by atoms with Gasteiger partial charge in [-0.15, -0.1) is 0 Å². The van der Waals surface area contributed by atoms with Crippen LogP contribution in [-0.2, 0) is 0 Å². The number of rotatable bonds is 3. The first-order valence-electron chi connectivity index (χ1n) is 6.70. The van der Waals surface area contributed by atoms with Gasteiger partial charge >= 0.3 is 0 Å². The first kappa shape index (κ1) is 12.5. The summed E-state index contributed by atoms with van der Waals surface area (Å²) in [4.78, 5) is 13.2. The van der Waals surface area contributed by atoms with Crippen molar-refractivity contribution < 1.29 is 0 Å². The van der Waals surface area contributed by atoms with E-state index in [9.17, 15) is 0 Å². The van der Waals surface area contributed by atoms with Gasteiger partial charge in [0.25, 0.3) is 0 Å². The van der Waals surface area contributed by atoms with E-state index in [1.807, 2.05) is 38.2 Å². The molecule has 0 atom stereocenters. The standard InChI is InChI=1S/C16H16N4/c1-3-18-16-19-11(2)9-15(20-16)13-6-4-5-12-7-8-17-10-14(12)13/h4-10H,3H2,1-2H3,(H,18,19,20). The minimum absolute atomic E-state index is 0.670. The van der Waals surface area contributed by atoms with E-state index < -0.39 is 0 Å². The van der Waals surface area contributed by atoms with Crippen molar-refractivity contribution in [2.45, 2.75) is 13.8 Å². The van der Waals surface area contributed by atoms with E-state index in [0.29, 0.717) is 5.95 Å². The summed E-state index contributed by atoms with van der Waals surface area (Å²) in [5, 5.41) is 5.44. The van der Waals surface area contributed by atoms with Crippen LogP contribution in [0.2, 0.25) is 0 Å². The summed E-state index contributed by atoms with van der Waals surface area (Å²) in [7, 11) is 0. The molecule has 20 heavy (non-hydrogen) atoms. The maximum Gasteiger partial charge on any atom is 0.223 e. The summed E-state index contributed by atoms with van der Waals surface area (Å²) in [5.74, 6) is 0.670. The van der Waals surface area contributed by atoms with Gasteiger partial charge in [0, 0.05) is 35.6 Å². The van der Waals surface area contributed by atoms with Crippen molar-refractivity contribution in [3.05, 3.63) is 48.4 Å². The zero-order valence-electron chi connectivity index (χ0n) is 11.6. The Hall–Kier alpha value is -2.49. The zero-order valence-corrected chi connectivity index (χ0v) is 11.6. The van der Waals surface area contributed by atoms with Gasteiger partial charge in [-0.25, -0.2) is 9.97 Å². The summed E-state index contributed by atoms with van der Waals surface area (Å²) in [6.07, 6.45) is 3.69. The fourth-order valence-corrected chi connectivity index (χ4v) is 2.28. The first-order chi connectivity index (χ1) is 9.78. The van der Waals surface area contributed by atoms with Gasteiger partial charge in [0.15, 0.2) is 0 Å². The third-order valence-electron chi connectivity index (χ3n) is 3.15. The minimum Gasteiger partial charge on any atom is -0.354 e. The topological polar surface area (TPSA) is 50.7 Å². The summed E-state index contributed by atoms with van der Waals surface area (Å²) >= 11 is 0. The van der Waals surface area contributed by atoms with E-state index in [1.54, 1.807) is 6.20 Å². The van der Waals surface area contributed by atoms with Crippen molar-refractivity contribution in [1.82, 2.24) is 15.0 Å². The van der Waals surface area contributed by atoms with Crippen LogP contribution in [0.25, 0.3) is 22.0 Å². The second-order valence-corrected chi connectivity index (χ2v) is 4.65. The largest absolute Gasteiger partial charge is 0.354 e. The van der Waals surface area contributed by atoms with Gasteiger partial charge in [-0.3, -0.25) is 4.98 Å². The lowest BCUT2D eigenvalue weighted by molar-refractivity contribution is 1.06. The number of nitrogens with one attached hydrogen (secondary N) is 1. The molecule has 1 N–H and O–H groups in total. The van der Waals surface area contributed by atoms with E-state index in [1.165, 1.54) is 5.39 Å². The molecule has 0 fully saturated rings. The number of nitrogens with zero attached hydrogens (tertiary/aromatic N) is 3. The molecule has 0 amide bonds. The fraction of sp³-hybridized carbons (Fsp3) is 0.188. The van der Waals surface area contributed by atoms with Gasteiger partial charge in [0.05, 0.1) is 5.69 Å². The summed E-state index contributed by atoms with van der Waals surface area (Å²) in [5.41, 5.74) is 2.96. The van der Waals surface area contributed by atoms with Crippen LogP contribution in [0.3, 0.4) is 0 Å². The molecular weight excluding hydrogens is 248 g/mol. The summed E-state index contributed by atoms with van der Waals surface area (Å²) < 4.78 is 0. The van der Waals surface area contributed by atoms with E-state index in [2.05, 4.69) is 32.4 Å². The molecule has 4 heteroatoms. The van der Waals surface area contributed by atoms with Crippen LogP contribution in [0.5, 0.6) is 0 Å². The van der Waals surface area contributed by atoms with Crippen LogP contribution < -0.4 is 5.32 Å². The highest BCUT2D eigenvalue weighted by Crippen LogP contribution is 2.27. The lowest BCUT2D eigenvalue weighted by Crippen LogP contribution is -2.04. The van der Waals surface area contributed by atoms with Crippen molar-refractivity contribution >= 4 is 16.7 Å². The Morgan fingerprint density at radius 1 is 1.15 bits per heavy atom. The normalized spacial score (nSPS) is 10.7. The molecule has 0 aliphatic rings. The van der Waals surface area contributed by atoms with Crippen molar-refractivity contribution in [2.24, 2.45) is 0 Å². The highest BCUT2D eigenvalue weighted by molar-refractivity contribution is 5.95. The fourth-order valence-electron chi connectivity index (χ4n) is 2.28. The molecule has 2 heterocycles. The second-order valence-electron chi connectivity index (χ2n) is 4.65. The van der Waals surface area contributed by atoms with E-state index in [-0.39, 0.29) is 0 Å². The third-order valence-corrected chi connectivity index (χ3v) is 3.15. The Labute approximate surface area is 117 Å². The number of hydrogen-bond acceptors (Lipinski definition) is 4. The van der Waals surface area contributed by atoms with Gasteiger partial charge in [-0.1, -0.05) is 18.2 Å². The number of benzene rings is 1. The maximum absolute atomic E-state index is 4.59. The number of aromatic nitrogens is 3. The number of pyridine rings is 1. The predicted molar refractivity (Wildman–Crippen MR) is 81.7 cm³/mol. The van der Waals surface area contributed by atoms with Crippen molar-refractivity contribution in [3.8, 4) is 11.3 Å². The van der Waals surface area contributed by atoms with Crippen LogP contribution in [0.4, 0.5) is 5.95 Å². The average molecular weight is 264 g/mol. The van der Waals surface area contributed by atoms with Crippen LogP contribution in [-0.4, -0.2) is 21.5 Å². The first-order valence-corrected chi connectivity index (χ1v) is 6.70. The van der Waals surface area contributed by atoms with Crippen LogP contribution >= 0.6 is 0 Å². The molecule has 0 spiro atoms. The SMILES string of the molecule is CCNc1nc(C)cc(-c2cccc3ccncc23)n1. The van der Waals surface area contributed by atoms with Gasteiger partial charge in [-0.05, 0) is 31.4 Å². The molecule has 4 nitrogen and oxygen atoms in total. The second kappa shape index (κ2) is 5.25. The Balaban J connectivity index is 2.20.